The van der Waals surface area contributed by atoms with Crippen molar-refractivity contribution >= 4 is 33.2 Å². The van der Waals surface area contributed by atoms with Gasteiger partial charge in [0.15, 0.2) is 0 Å². The van der Waals surface area contributed by atoms with Gasteiger partial charge in [0.1, 0.15) is 0 Å². The van der Waals surface area contributed by atoms with Gasteiger partial charge in [0.25, 0.3) is 5.91 Å². The van der Waals surface area contributed by atoms with Crippen molar-refractivity contribution in [2.24, 2.45) is 0 Å². The van der Waals surface area contributed by atoms with E-state index in [0.29, 0.717) is 36.4 Å². The van der Waals surface area contributed by atoms with Gasteiger partial charge in [-0.3, -0.25) is 13.9 Å². The fourth-order valence-corrected chi connectivity index (χ4v) is 4.22. The Morgan fingerprint density at radius 1 is 0.968 bits per heavy atom. The van der Waals surface area contributed by atoms with Crippen LogP contribution in [0.3, 0.4) is 0 Å². The molecule has 0 fully saturated rings. The average molecular weight is 446 g/mol. The van der Waals surface area contributed by atoms with Crippen LogP contribution >= 0.6 is 0 Å². The van der Waals surface area contributed by atoms with Crippen LogP contribution in [0, 0.1) is 6.92 Å². The first kappa shape index (κ1) is 24.4. The van der Waals surface area contributed by atoms with E-state index in [9.17, 15) is 18.0 Å². The Kier molecular flexibility index (Phi) is 8.62. The molecule has 31 heavy (non-hydrogen) atoms. The molecule has 0 aliphatic heterocycles. The van der Waals surface area contributed by atoms with Crippen molar-refractivity contribution in [3.63, 3.8) is 0 Å². The molecule has 2 rings (SSSR count). The second-order valence-corrected chi connectivity index (χ2v) is 9.25. The summed E-state index contributed by atoms with van der Waals surface area (Å²) in [4.78, 5) is 26.9. The molecule has 7 nitrogen and oxygen atoms in total. The summed E-state index contributed by atoms with van der Waals surface area (Å²) in [6.07, 6.45) is 1.63. The third-order valence-corrected chi connectivity index (χ3v) is 6.16. The topological polar surface area (TPSA) is 86.8 Å². The summed E-state index contributed by atoms with van der Waals surface area (Å²) < 4.78 is 25.7. The number of amides is 2. The molecule has 0 atom stereocenters. The zero-order chi connectivity index (χ0) is 23.0. The Hall–Kier alpha value is -2.87. The van der Waals surface area contributed by atoms with E-state index in [1.165, 1.54) is 4.31 Å². The number of sulfonamides is 1. The minimum Gasteiger partial charge on any atom is -0.339 e. The number of rotatable bonds is 10. The van der Waals surface area contributed by atoms with Crippen LogP contribution in [0.25, 0.3) is 0 Å². The van der Waals surface area contributed by atoms with Crippen LogP contribution in [0.15, 0.2) is 48.5 Å². The summed E-state index contributed by atoms with van der Waals surface area (Å²) in [6.45, 7) is 7.10. The molecule has 2 aromatic carbocycles. The minimum absolute atomic E-state index is 0.131. The van der Waals surface area contributed by atoms with Gasteiger partial charge in [-0.2, -0.15) is 0 Å². The van der Waals surface area contributed by atoms with E-state index in [4.69, 9.17) is 0 Å². The number of para-hydroxylation sites is 1. The zero-order valence-corrected chi connectivity index (χ0v) is 19.4. The van der Waals surface area contributed by atoms with E-state index in [1.807, 2.05) is 32.9 Å². The van der Waals surface area contributed by atoms with Crippen molar-refractivity contribution in [2.75, 3.05) is 35.5 Å². The van der Waals surface area contributed by atoms with Crippen molar-refractivity contribution in [3.8, 4) is 0 Å². The van der Waals surface area contributed by atoms with Gasteiger partial charge in [-0.1, -0.05) is 29.8 Å². The summed E-state index contributed by atoms with van der Waals surface area (Å²) in [5.41, 5.74) is 2.51. The molecule has 0 saturated heterocycles. The summed E-state index contributed by atoms with van der Waals surface area (Å²) in [5.74, 6) is -0.402. The quantitative estimate of drug-likeness (QED) is 0.605. The third kappa shape index (κ3) is 6.82. The van der Waals surface area contributed by atoms with Crippen LogP contribution in [0.1, 0.15) is 42.6 Å². The Labute approximate surface area is 185 Å². The number of carbonyl (C=O) groups is 2. The van der Waals surface area contributed by atoms with Gasteiger partial charge in [0.05, 0.1) is 23.2 Å². The fourth-order valence-electron chi connectivity index (χ4n) is 3.25. The van der Waals surface area contributed by atoms with E-state index in [0.717, 1.165) is 11.8 Å². The molecular weight excluding hydrogens is 414 g/mol. The number of nitrogens with one attached hydrogen (secondary N) is 1. The highest BCUT2D eigenvalue weighted by molar-refractivity contribution is 7.92. The van der Waals surface area contributed by atoms with Crippen LogP contribution in [0.2, 0.25) is 0 Å². The van der Waals surface area contributed by atoms with Gasteiger partial charge in [0.2, 0.25) is 15.9 Å². The first-order valence-electron chi connectivity index (χ1n) is 10.4. The third-order valence-electron chi connectivity index (χ3n) is 4.97. The minimum atomic E-state index is -3.47. The molecule has 0 aliphatic rings. The van der Waals surface area contributed by atoms with Gasteiger partial charge in [-0.25, -0.2) is 8.42 Å². The largest absolute Gasteiger partial charge is 0.339 e. The highest BCUT2D eigenvalue weighted by atomic mass is 32.2. The number of hydrogen-bond donors (Lipinski definition) is 1. The van der Waals surface area contributed by atoms with Crippen molar-refractivity contribution < 1.29 is 18.0 Å². The van der Waals surface area contributed by atoms with Gasteiger partial charge >= 0.3 is 0 Å². The highest BCUT2D eigenvalue weighted by Crippen LogP contribution is 2.20. The molecule has 0 radical (unpaired) electrons. The van der Waals surface area contributed by atoms with Crippen LogP contribution in [0.5, 0.6) is 0 Å². The Bertz CT molecular complexity index is 1000. The molecule has 0 spiro atoms. The lowest BCUT2D eigenvalue weighted by Crippen LogP contribution is -2.32. The first-order chi connectivity index (χ1) is 14.7. The van der Waals surface area contributed by atoms with Gasteiger partial charge in [-0.05, 0) is 51.5 Å². The Morgan fingerprint density at radius 3 is 2.16 bits per heavy atom. The molecule has 8 heteroatoms. The number of carbonyl (C=O) groups excluding carboxylic acids is 2. The maximum absolute atomic E-state index is 12.7. The standard InChI is InChI=1S/C23H31N3O4S/c1-5-25(6-2)23(28)20-10-7-8-11-21(20)24-22(27)12-9-17-26(31(4,29)30)19-15-13-18(3)14-16-19/h7-8,10-11,13-16H,5-6,9,12,17H2,1-4H3,(H,24,27). The lowest BCUT2D eigenvalue weighted by molar-refractivity contribution is -0.116. The van der Waals surface area contributed by atoms with Crippen LogP contribution in [-0.2, 0) is 14.8 Å². The smallest absolute Gasteiger partial charge is 0.255 e. The lowest BCUT2D eigenvalue weighted by atomic mass is 10.1. The van der Waals surface area contributed by atoms with Crippen LogP contribution < -0.4 is 9.62 Å². The van der Waals surface area contributed by atoms with E-state index >= 15 is 0 Å². The molecule has 0 heterocycles. The maximum atomic E-state index is 12.7. The van der Waals surface area contributed by atoms with Crippen molar-refractivity contribution in [2.45, 2.75) is 33.6 Å². The van der Waals surface area contributed by atoms with Crippen molar-refractivity contribution in [3.05, 3.63) is 59.7 Å². The molecular formula is C23H31N3O4S. The summed E-state index contributed by atoms with van der Waals surface area (Å²) in [6, 6.07) is 14.1. The summed E-state index contributed by atoms with van der Waals surface area (Å²) >= 11 is 0. The monoisotopic (exact) mass is 445 g/mol. The number of anilines is 2. The molecule has 0 unspecified atom stereocenters. The SMILES string of the molecule is CCN(CC)C(=O)c1ccccc1NC(=O)CCCN(c1ccc(C)cc1)S(C)(=O)=O. The lowest BCUT2D eigenvalue weighted by Gasteiger charge is -2.22. The second-order valence-electron chi connectivity index (χ2n) is 7.35. The fraction of sp³-hybridized carbons (Fsp3) is 0.391. The maximum Gasteiger partial charge on any atom is 0.255 e. The number of aryl methyl sites for hydroxylation is 1. The molecule has 0 aromatic heterocycles. The van der Waals surface area contributed by atoms with Gasteiger partial charge < -0.3 is 10.2 Å². The van der Waals surface area contributed by atoms with Crippen molar-refractivity contribution in [1.29, 1.82) is 0 Å². The highest BCUT2D eigenvalue weighted by Gasteiger charge is 2.19. The van der Waals surface area contributed by atoms with E-state index in [1.54, 1.807) is 41.3 Å². The second kappa shape index (κ2) is 10.9. The van der Waals surface area contributed by atoms with Gasteiger partial charge in [0, 0.05) is 26.1 Å². The van der Waals surface area contributed by atoms with Crippen LogP contribution in [0.4, 0.5) is 11.4 Å². The van der Waals surface area contributed by atoms with Crippen molar-refractivity contribution in [1.82, 2.24) is 4.90 Å². The van der Waals surface area contributed by atoms with E-state index in [2.05, 4.69) is 5.32 Å². The Morgan fingerprint density at radius 2 is 1.58 bits per heavy atom. The predicted octanol–water partition coefficient (Wildman–Crippen LogP) is 3.66. The molecule has 2 amide bonds. The van der Waals surface area contributed by atoms with Crippen LogP contribution in [-0.4, -0.2) is 51.0 Å². The normalized spacial score (nSPS) is 11.1. The molecule has 0 saturated carbocycles. The van der Waals surface area contributed by atoms with E-state index in [-0.39, 0.29) is 24.8 Å². The molecule has 0 bridgehead atoms. The molecule has 168 valence electrons. The van der Waals surface area contributed by atoms with Gasteiger partial charge in [-0.15, -0.1) is 0 Å². The average Bonchev–Trinajstić information content (AvgIpc) is 2.72. The summed E-state index contributed by atoms with van der Waals surface area (Å²) in [7, 11) is -3.47. The Balaban J connectivity index is 2.03. The molecule has 2 aromatic rings. The molecule has 0 aliphatic carbocycles. The number of benzene rings is 2. The molecule has 1 N–H and O–H groups in total. The number of hydrogen-bond acceptors (Lipinski definition) is 4. The zero-order valence-electron chi connectivity index (χ0n) is 18.6. The number of nitrogens with zero attached hydrogens (tertiary/aromatic N) is 2. The summed E-state index contributed by atoms with van der Waals surface area (Å²) in [5, 5.41) is 2.80. The first-order valence-corrected chi connectivity index (χ1v) is 12.2. The predicted molar refractivity (Wildman–Crippen MR) is 125 cm³/mol. The van der Waals surface area contributed by atoms with E-state index < -0.39 is 10.0 Å².